The van der Waals surface area contributed by atoms with Gasteiger partial charge in [0.2, 0.25) is 4.96 Å². The number of ether oxygens (including phenoxy) is 4. The average molecular weight is 494 g/mol. The van der Waals surface area contributed by atoms with E-state index >= 15 is 0 Å². The largest absolute Gasteiger partial charge is 0.493 e. The van der Waals surface area contributed by atoms with Crippen molar-refractivity contribution in [1.82, 2.24) is 14.6 Å². The van der Waals surface area contributed by atoms with Crippen LogP contribution in [0.2, 0.25) is 0 Å². The minimum Gasteiger partial charge on any atom is -0.493 e. The van der Waals surface area contributed by atoms with E-state index in [9.17, 15) is 4.79 Å². The summed E-state index contributed by atoms with van der Waals surface area (Å²) in [5.74, 6) is 3.09. The summed E-state index contributed by atoms with van der Waals surface area (Å²) >= 11 is 1.28. The molecule has 8 nitrogen and oxygen atoms in total. The number of hydrogen-bond donors (Lipinski definition) is 0. The van der Waals surface area contributed by atoms with E-state index < -0.39 is 6.10 Å². The molecule has 35 heavy (non-hydrogen) atoms. The van der Waals surface area contributed by atoms with Gasteiger partial charge in [-0.15, -0.1) is 5.10 Å². The molecule has 182 valence electrons. The molecule has 1 unspecified atom stereocenters. The van der Waals surface area contributed by atoms with Gasteiger partial charge in [0.1, 0.15) is 6.61 Å². The molecular weight excluding hydrogens is 466 g/mol. The zero-order valence-electron chi connectivity index (χ0n) is 19.7. The van der Waals surface area contributed by atoms with Gasteiger partial charge < -0.3 is 18.9 Å². The summed E-state index contributed by atoms with van der Waals surface area (Å²) in [6, 6.07) is 13.1. The molecular formula is C26H27N3O5S. The highest BCUT2D eigenvalue weighted by atomic mass is 32.1. The quantitative estimate of drug-likeness (QED) is 0.324. The molecule has 4 aromatic rings. The van der Waals surface area contributed by atoms with Crippen LogP contribution in [-0.2, 0) is 0 Å². The zero-order valence-corrected chi connectivity index (χ0v) is 20.5. The number of rotatable bonds is 9. The van der Waals surface area contributed by atoms with E-state index in [0.29, 0.717) is 44.9 Å². The van der Waals surface area contributed by atoms with Crippen LogP contribution >= 0.6 is 11.3 Å². The number of unbranched alkanes of at least 4 members (excludes halogenated alkanes) is 3. The highest BCUT2D eigenvalue weighted by Gasteiger charge is 2.27. The van der Waals surface area contributed by atoms with Crippen LogP contribution < -0.4 is 29.0 Å². The van der Waals surface area contributed by atoms with Crippen molar-refractivity contribution in [2.24, 2.45) is 0 Å². The number of nitrogens with zero attached hydrogens (tertiary/aromatic N) is 3. The molecule has 9 heteroatoms. The van der Waals surface area contributed by atoms with Crippen molar-refractivity contribution < 1.29 is 18.9 Å². The molecule has 0 fully saturated rings. The maximum absolute atomic E-state index is 13.0. The number of fused-ring (bicyclic) bond motifs is 2. The molecule has 0 saturated carbocycles. The predicted octanol–water partition coefficient (Wildman–Crippen LogP) is 4.18. The Kier molecular flexibility index (Phi) is 6.85. The Morgan fingerprint density at radius 1 is 1.14 bits per heavy atom. The van der Waals surface area contributed by atoms with Crippen LogP contribution in [0.25, 0.3) is 11.0 Å². The summed E-state index contributed by atoms with van der Waals surface area (Å²) in [5.41, 5.74) is 0.610. The first-order chi connectivity index (χ1) is 17.2. The summed E-state index contributed by atoms with van der Waals surface area (Å²) in [4.78, 5) is 18.0. The first kappa shape index (κ1) is 23.2. The van der Waals surface area contributed by atoms with Crippen LogP contribution in [0.1, 0.15) is 50.1 Å². The first-order valence-electron chi connectivity index (χ1n) is 11.8. The number of para-hydroxylation sites is 2. The van der Waals surface area contributed by atoms with Crippen LogP contribution in [0.3, 0.4) is 0 Å². The van der Waals surface area contributed by atoms with Gasteiger partial charge in [0.25, 0.3) is 5.56 Å². The third-order valence-electron chi connectivity index (χ3n) is 5.74. The number of hydrogen-bond acceptors (Lipinski definition) is 8. The second-order valence-electron chi connectivity index (χ2n) is 8.26. The Hall–Kier alpha value is -3.59. The monoisotopic (exact) mass is 493 g/mol. The van der Waals surface area contributed by atoms with Gasteiger partial charge in [-0.3, -0.25) is 4.79 Å². The average Bonchev–Trinajstić information content (AvgIpc) is 3.43. The number of aromatic nitrogens is 3. The zero-order chi connectivity index (χ0) is 24.2. The Morgan fingerprint density at radius 2 is 2.00 bits per heavy atom. The molecule has 0 aliphatic carbocycles. The van der Waals surface area contributed by atoms with Gasteiger partial charge in [-0.25, -0.2) is 0 Å². The third-order valence-corrected chi connectivity index (χ3v) is 6.69. The Morgan fingerprint density at radius 3 is 2.80 bits per heavy atom. The van der Waals surface area contributed by atoms with Gasteiger partial charge in [0.15, 0.2) is 34.9 Å². The van der Waals surface area contributed by atoms with Gasteiger partial charge >= 0.3 is 0 Å². The second-order valence-corrected chi connectivity index (χ2v) is 9.27. The van der Waals surface area contributed by atoms with E-state index in [1.165, 1.54) is 28.7 Å². The van der Waals surface area contributed by atoms with Crippen molar-refractivity contribution >= 4 is 22.4 Å². The van der Waals surface area contributed by atoms with E-state index in [2.05, 4.69) is 17.0 Å². The molecule has 0 radical (unpaired) electrons. The highest BCUT2D eigenvalue weighted by molar-refractivity contribution is 7.15. The molecule has 0 saturated heterocycles. The molecule has 0 bridgehead atoms. The molecule has 2 aromatic heterocycles. The van der Waals surface area contributed by atoms with E-state index in [4.69, 9.17) is 18.9 Å². The Labute approximate surface area is 206 Å². The lowest BCUT2D eigenvalue weighted by Crippen LogP contribution is -2.26. The lowest BCUT2D eigenvalue weighted by Gasteiger charge is -2.24. The van der Waals surface area contributed by atoms with Crippen molar-refractivity contribution in [1.29, 1.82) is 0 Å². The summed E-state index contributed by atoms with van der Waals surface area (Å²) in [7, 11) is 1.61. The molecule has 0 amide bonds. The highest BCUT2D eigenvalue weighted by Crippen LogP contribution is 2.35. The fraction of sp³-hybridized carbons (Fsp3) is 0.346. The van der Waals surface area contributed by atoms with Crippen molar-refractivity contribution in [3.8, 4) is 23.0 Å². The second kappa shape index (κ2) is 10.4. The smallest absolute Gasteiger partial charge is 0.291 e. The fourth-order valence-electron chi connectivity index (χ4n) is 3.89. The van der Waals surface area contributed by atoms with Crippen LogP contribution in [0.15, 0.2) is 47.3 Å². The van der Waals surface area contributed by atoms with Crippen molar-refractivity contribution in [2.45, 2.75) is 38.7 Å². The topological polar surface area (TPSA) is 84.2 Å². The molecule has 1 atom stereocenters. The molecule has 1 aliphatic rings. The molecule has 0 spiro atoms. The number of thiazole rings is 1. The van der Waals surface area contributed by atoms with Gasteiger partial charge in [-0.05, 0) is 42.3 Å². The van der Waals surface area contributed by atoms with Crippen molar-refractivity contribution in [2.75, 3.05) is 20.3 Å². The molecule has 0 N–H and O–H groups in total. The van der Waals surface area contributed by atoms with Crippen LogP contribution in [0.5, 0.6) is 23.0 Å². The van der Waals surface area contributed by atoms with E-state index in [1.807, 2.05) is 48.5 Å². The van der Waals surface area contributed by atoms with Gasteiger partial charge in [0, 0.05) is 0 Å². The van der Waals surface area contributed by atoms with E-state index in [1.54, 1.807) is 7.11 Å². The van der Waals surface area contributed by atoms with Crippen LogP contribution in [0, 0.1) is 0 Å². The maximum atomic E-state index is 13.0. The maximum Gasteiger partial charge on any atom is 0.291 e. The van der Waals surface area contributed by atoms with Crippen molar-refractivity contribution in [3.05, 3.63) is 68.7 Å². The van der Waals surface area contributed by atoms with E-state index in [-0.39, 0.29) is 12.2 Å². The summed E-state index contributed by atoms with van der Waals surface area (Å²) < 4.78 is 25.0. The summed E-state index contributed by atoms with van der Waals surface area (Å²) in [6.07, 6.45) is 5.91. The molecule has 5 rings (SSSR count). The fourth-order valence-corrected chi connectivity index (χ4v) is 4.80. The molecule has 3 heterocycles. The normalized spacial score (nSPS) is 15.5. The number of methoxy groups -OCH3 is 1. The molecule has 2 aromatic carbocycles. The number of benzene rings is 2. The summed E-state index contributed by atoms with van der Waals surface area (Å²) in [6.45, 7) is 3.13. The van der Waals surface area contributed by atoms with Crippen LogP contribution in [0.4, 0.5) is 0 Å². The minimum absolute atomic E-state index is 0.226. The molecule has 1 aliphatic heterocycles. The Bertz CT molecular complexity index is 1430. The lowest BCUT2D eigenvalue weighted by atomic mass is 10.2. The lowest BCUT2D eigenvalue weighted by molar-refractivity contribution is 0.0852. The standard InChI is InChI=1S/C26H27N3O5S/c1-3-4-5-8-13-32-19-12-11-17(14-21(19)31-2)15-23-25(30)29-26(35-23)27-24(28-29)22-16-33-18-9-6-7-10-20(18)34-22/h6-7,9-12,14-15,22H,3-5,8,13,16H2,1-2H3/b23-15+. The minimum atomic E-state index is -0.470. The van der Waals surface area contributed by atoms with Crippen LogP contribution in [-0.4, -0.2) is 34.9 Å². The van der Waals surface area contributed by atoms with Gasteiger partial charge in [-0.2, -0.15) is 9.50 Å². The van der Waals surface area contributed by atoms with Crippen molar-refractivity contribution in [3.63, 3.8) is 0 Å². The van der Waals surface area contributed by atoms with Gasteiger partial charge in [0.05, 0.1) is 18.2 Å². The van der Waals surface area contributed by atoms with Gasteiger partial charge in [-0.1, -0.05) is 55.7 Å². The SMILES string of the molecule is CCCCCCOc1ccc(/C=c2/sc3nc(C4COc5ccccc5O4)nn3c2=O)cc1OC. The first-order valence-corrected chi connectivity index (χ1v) is 12.6. The summed E-state index contributed by atoms with van der Waals surface area (Å²) in [5, 5.41) is 4.41. The third kappa shape index (κ3) is 4.95. The predicted molar refractivity (Wildman–Crippen MR) is 134 cm³/mol. The van der Waals surface area contributed by atoms with E-state index in [0.717, 1.165) is 18.4 Å². The Balaban J connectivity index is 1.34.